The van der Waals surface area contributed by atoms with Crippen LogP contribution >= 0.6 is 0 Å². The van der Waals surface area contributed by atoms with Crippen LogP contribution in [0.5, 0.6) is 0 Å². The topological polar surface area (TPSA) is 66.2 Å². The van der Waals surface area contributed by atoms with Crippen molar-refractivity contribution in [1.82, 2.24) is 23.1 Å². The van der Waals surface area contributed by atoms with Crippen LogP contribution in [0.1, 0.15) is 18.3 Å². The molecule has 0 aliphatic carbocycles. The first kappa shape index (κ1) is 18.0. The summed E-state index contributed by atoms with van der Waals surface area (Å²) in [7, 11) is 1.59. The molecule has 0 radical (unpaired) electrons. The standard InChI is InChI=1S/C20H20FN5O2/c1-11(2)10-24-18(27)16-17(23(5)20(24)28)22-19-25(12(3)13(4)26(16)19)15-8-6-14(21)7-9-15/h6-9H,1,10H2,2-5H3. The van der Waals surface area contributed by atoms with Gasteiger partial charge in [-0.3, -0.25) is 22.9 Å². The predicted molar refractivity (Wildman–Crippen MR) is 106 cm³/mol. The van der Waals surface area contributed by atoms with Crippen LogP contribution in [0.15, 0.2) is 46.0 Å². The molecule has 3 heterocycles. The highest BCUT2D eigenvalue weighted by atomic mass is 19.1. The van der Waals surface area contributed by atoms with E-state index in [9.17, 15) is 14.0 Å². The molecule has 0 aliphatic rings. The zero-order chi connectivity index (χ0) is 20.3. The van der Waals surface area contributed by atoms with Crippen LogP contribution in [0.4, 0.5) is 4.39 Å². The maximum Gasteiger partial charge on any atom is 0.332 e. The van der Waals surface area contributed by atoms with E-state index in [0.717, 1.165) is 17.1 Å². The molecule has 4 aromatic rings. The number of aromatic nitrogens is 5. The average Bonchev–Trinajstić information content (AvgIpc) is 3.14. The lowest BCUT2D eigenvalue weighted by Crippen LogP contribution is -2.39. The van der Waals surface area contributed by atoms with Gasteiger partial charge in [0.1, 0.15) is 5.82 Å². The second-order valence-corrected chi connectivity index (χ2v) is 7.09. The second-order valence-electron chi connectivity index (χ2n) is 7.09. The quantitative estimate of drug-likeness (QED) is 0.512. The fourth-order valence-corrected chi connectivity index (χ4v) is 3.56. The van der Waals surface area contributed by atoms with Gasteiger partial charge in [0.15, 0.2) is 11.2 Å². The first-order chi connectivity index (χ1) is 13.2. The van der Waals surface area contributed by atoms with Crippen molar-refractivity contribution in [3.05, 3.63) is 74.5 Å². The molecule has 7 nitrogen and oxygen atoms in total. The fourth-order valence-electron chi connectivity index (χ4n) is 3.56. The van der Waals surface area contributed by atoms with Crippen LogP contribution < -0.4 is 11.2 Å². The zero-order valence-electron chi connectivity index (χ0n) is 16.2. The molecule has 0 amide bonds. The zero-order valence-corrected chi connectivity index (χ0v) is 16.2. The van der Waals surface area contributed by atoms with Crippen LogP contribution in [-0.4, -0.2) is 23.1 Å². The number of hydrogen-bond acceptors (Lipinski definition) is 3. The molecule has 0 N–H and O–H groups in total. The van der Waals surface area contributed by atoms with Gasteiger partial charge in [-0.1, -0.05) is 12.2 Å². The Hall–Kier alpha value is -3.42. The number of imidazole rings is 2. The highest BCUT2D eigenvalue weighted by Crippen LogP contribution is 2.24. The summed E-state index contributed by atoms with van der Waals surface area (Å²) < 4.78 is 19.5. The van der Waals surface area contributed by atoms with Gasteiger partial charge in [0.25, 0.3) is 5.56 Å². The van der Waals surface area contributed by atoms with Gasteiger partial charge in [-0.2, -0.15) is 4.98 Å². The Morgan fingerprint density at radius 1 is 1.14 bits per heavy atom. The summed E-state index contributed by atoms with van der Waals surface area (Å²) in [4.78, 5) is 30.4. The number of hydrogen-bond donors (Lipinski definition) is 0. The van der Waals surface area contributed by atoms with Gasteiger partial charge in [-0.15, -0.1) is 0 Å². The van der Waals surface area contributed by atoms with Crippen LogP contribution in [0.3, 0.4) is 0 Å². The van der Waals surface area contributed by atoms with Crippen LogP contribution in [0.25, 0.3) is 22.6 Å². The predicted octanol–water partition coefficient (Wildman–Crippen LogP) is 2.47. The normalized spacial score (nSPS) is 11.6. The molecule has 8 heteroatoms. The van der Waals surface area contributed by atoms with Gasteiger partial charge >= 0.3 is 5.69 Å². The van der Waals surface area contributed by atoms with E-state index in [0.29, 0.717) is 22.5 Å². The van der Waals surface area contributed by atoms with Crippen molar-refractivity contribution >= 4 is 16.9 Å². The number of halogens is 1. The van der Waals surface area contributed by atoms with Gasteiger partial charge in [0.05, 0.1) is 6.54 Å². The van der Waals surface area contributed by atoms with Crippen molar-refractivity contribution in [3.8, 4) is 5.69 Å². The van der Waals surface area contributed by atoms with E-state index >= 15 is 0 Å². The molecule has 0 unspecified atom stereocenters. The Bertz CT molecular complexity index is 1380. The second kappa shape index (κ2) is 6.05. The van der Waals surface area contributed by atoms with Crippen molar-refractivity contribution in [2.45, 2.75) is 27.3 Å². The van der Waals surface area contributed by atoms with Crippen molar-refractivity contribution in [3.63, 3.8) is 0 Å². The molecule has 0 bridgehead atoms. The molecule has 3 aromatic heterocycles. The molecule has 0 aliphatic heterocycles. The number of fused-ring (bicyclic) bond motifs is 3. The Labute approximate surface area is 159 Å². The summed E-state index contributed by atoms with van der Waals surface area (Å²) in [5.41, 5.74) is 2.91. The van der Waals surface area contributed by atoms with Gasteiger partial charge in [-0.05, 0) is 45.0 Å². The molecule has 0 atom stereocenters. The summed E-state index contributed by atoms with van der Waals surface area (Å²) in [6.45, 7) is 9.52. The minimum Gasteiger partial charge on any atom is -0.283 e. The van der Waals surface area contributed by atoms with E-state index in [-0.39, 0.29) is 12.4 Å². The van der Waals surface area contributed by atoms with E-state index in [4.69, 9.17) is 0 Å². The highest BCUT2D eigenvalue weighted by molar-refractivity contribution is 5.77. The molecule has 0 spiro atoms. The van der Waals surface area contributed by atoms with Crippen LogP contribution in [0, 0.1) is 19.7 Å². The molecule has 4 rings (SSSR count). The molecule has 144 valence electrons. The Kier molecular flexibility index (Phi) is 3.88. The Morgan fingerprint density at radius 2 is 1.79 bits per heavy atom. The third-order valence-corrected chi connectivity index (χ3v) is 5.03. The molecule has 0 saturated carbocycles. The first-order valence-electron chi connectivity index (χ1n) is 8.82. The summed E-state index contributed by atoms with van der Waals surface area (Å²) in [5.74, 6) is 0.164. The van der Waals surface area contributed by atoms with Gasteiger partial charge in [0.2, 0.25) is 5.78 Å². The summed E-state index contributed by atoms with van der Waals surface area (Å²) in [6.07, 6.45) is 0. The van der Waals surface area contributed by atoms with Gasteiger partial charge < -0.3 is 0 Å². The van der Waals surface area contributed by atoms with Crippen LogP contribution in [0.2, 0.25) is 0 Å². The van der Waals surface area contributed by atoms with Crippen LogP contribution in [-0.2, 0) is 13.6 Å². The molecular weight excluding hydrogens is 361 g/mol. The van der Waals surface area contributed by atoms with E-state index < -0.39 is 11.2 Å². The van der Waals surface area contributed by atoms with Gasteiger partial charge in [-0.25, -0.2) is 9.18 Å². The van der Waals surface area contributed by atoms with Crippen molar-refractivity contribution in [1.29, 1.82) is 0 Å². The number of benzene rings is 1. The fraction of sp³-hybridized carbons (Fsp3) is 0.250. The smallest absolute Gasteiger partial charge is 0.283 e. The first-order valence-corrected chi connectivity index (χ1v) is 8.82. The third-order valence-electron chi connectivity index (χ3n) is 5.03. The maximum absolute atomic E-state index is 13.4. The summed E-state index contributed by atoms with van der Waals surface area (Å²) >= 11 is 0. The molecule has 1 aromatic carbocycles. The lowest BCUT2D eigenvalue weighted by Gasteiger charge is -2.08. The van der Waals surface area contributed by atoms with E-state index in [2.05, 4.69) is 11.6 Å². The number of aryl methyl sites for hydroxylation is 2. The largest absolute Gasteiger partial charge is 0.332 e. The number of nitrogens with zero attached hydrogens (tertiary/aromatic N) is 5. The van der Waals surface area contributed by atoms with E-state index in [1.54, 1.807) is 30.5 Å². The lowest BCUT2D eigenvalue weighted by atomic mass is 10.3. The van der Waals surface area contributed by atoms with Crippen molar-refractivity contribution < 1.29 is 4.39 Å². The maximum atomic E-state index is 13.4. The average molecular weight is 381 g/mol. The van der Waals surface area contributed by atoms with Gasteiger partial charge in [0, 0.05) is 24.1 Å². The van der Waals surface area contributed by atoms with Crippen molar-refractivity contribution in [2.24, 2.45) is 7.05 Å². The lowest BCUT2D eigenvalue weighted by molar-refractivity contribution is 0.627. The summed E-state index contributed by atoms with van der Waals surface area (Å²) in [5, 5.41) is 0. The SMILES string of the molecule is C=C(C)Cn1c(=O)c2c(nc3n(-c4ccc(F)cc4)c(C)c(C)n23)n(C)c1=O. The van der Waals surface area contributed by atoms with E-state index in [1.807, 2.05) is 18.4 Å². The molecular formula is C20H20FN5O2. The minimum atomic E-state index is -0.441. The monoisotopic (exact) mass is 381 g/mol. The minimum absolute atomic E-state index is 0.144. The molecule has 0 saturated heterocycles. The highest BCUT2D eigenvalue weighted by Gasteiger charge is 2.23. The number of rotatable bonds is 3. The third kappa shape index (κ3) is 2.37. The molecule has 0 fully saturated rings. The Balaban J connectivity index is 2.18. The molecule has 28 heavy (non-hydrogen) atoms. The summed E-state index contributed by atoms with van der Waals surface area (Å²) in [6, 6.07) is 6.05. The number of allylic oxidation sites excluding steroid dienone is 1. The Morgan fingerprint density at radius 3 is 2.39 bits per heavy atom. The van der Waals surface area contributed by atoms with Crippen molar-refractivity contribution in [2.75, 3.05) is 0 Å². The van der Waals surface area contributed by atoms with E-state index in [1.165, 1.54) is 21.3 Å².